The van der Waals surface area contributed by atoms with Crippen molar-refractivity contribution in [3.63, 3.8) is 0 Å². The number of unbranched alkanes of at least 4 members (excludes halogenated alkanes) is 2. The van der Waals surface area contributed by atoms with Crippen LogP contribution in [0.15, 0.2) is 48.5 Å². The van der Waals surface area contributed by atoms with Crippen LogP contribution in [0.3, 0.4) is 0 Å². The van der Waals surface area contributed by atoms with Gasteiger partial charge < -0.3 is 0 Å². The van der Waals surface area contributed by atoms with Crippen molar-refractivity contribution in [2.24, 2.45) is 5.92 Å². The summed E-state index contributed by atoms with van der Waals surface area (Å²) in [5.74, 6) is 3.53. The molecule has 5 rings (SSSR count). The van der Waals surface area contributed by atoms with Gasteiger partial charge in [-0.25, -0.2) is 9.67 Å². The van der Waals surface area contributed by atoms with Gasteiger partial charge in [0.2, 0.25) is 5.82 Å². The van der Waals surface area contributed by atoms with Crippen LogP contribution in [-0.4, -0.2) is 35.4 Å². The maximum Gasteiger partial charge on any atom is 0.205 e. The lowest BCUT2D eigenvalue weighted by molar-refractivity contribution is 0.351. The minimum atomic E-state index is 0.606. The third kappa shape index (κ3) is 5.84. The number of nitrogens with one attached hydrogen (secondary N) is 1. The van der Waals surface area contributed by atoms with Crippen LogP contribution >= 0.6 is 0 Å². The molecular weight excluding hydrogens is 434 g/mol. The predicted molar refractivity (Wildman–Crippen MR) is 138 cm³/mol. The molecule has 182 valence electrons. The third-order valence-corrected chi connectivity index (χ3v) is 7.10. The van der Waals surface area contributed by atoms with Crippen molar-refractivity contribution in [3.05, 3.63) is 65.7 Å². The molecule has 0 radical (unpaired) electrons. The molecule has 7 nitrogen and oxygen atoms in total. The van der Waals surface area contributed by atoms with Gasteiger partial charge in [0.25, 0.3) is 0 Å². The molecule has 2 heterocycles. The number of hydrogen-bond acceptors (Lipinski definition) is 5. The fraction of sp³-hybridized carbons (Fsp3) is 0.464. The van der Waals surface area contributed by atoms with Gasteiger partial charge in [-0.15, -0.1) is 10.2 Å². The molecule has 1 aliphatic carbocycles. The first kappa shape index (κ1) is 23.4. The van der Waals surface area contributed by atoms with Crippen LogP contribution in [0, 0.1) is 5.92 Å². The number of nitrogens with zero attached hydrogens (tertiary/aromatic N) is 6. The van der Waals surface area contributed by atoms with Crippen molar-refractivity contribution in [1.82, 2.24) is 35.4 Å². The second-order valence-electron chi connectivity index (χ2n) is 9.75. The Bertz CT molecular complexity index is 1190. The van der Waals surface area contributed by atoms with Gasteiger partial charge in [-0.1, -0.05) is 100 Å². The summed E-state index contributed by atoms with van der Waals surface area (Å²) in [6.45, 7) is 3.00. The number of rotatable bonds is 10. The Hall–Kier alpha value is -3.35. The van der Waals surface area contributed by atoms with Gasteiger partial charge in [-0.3, -0.25) is 0 Å². The second kappa shape index (κ2) is 11.4. The summed E-state index contributed by atoms with van der Waals surface area (Å²) < 4.78 is 2.15. The van der Waals surface area contributed by atoms with Crippen LogP contribution in [0.4, 0.5) is 0 Å². The Morgan fingerprint density at radius 3 is 2.49 bits per heavy atom. The molecule has 0 aliphatic heterocycles. The largest absolute Gasteiger partial charge is 0.245 e. The van der Waals surface area contributed by atoms with Crippen molar-refractivity contribution in [2.75, 3.05) is 0 Å². The van der Waals surface area contributed by atoms with E-state index in [2.05, 4.69) is 62.6 Å². The van der Waals surface area contributed by atoms with E-state index in [1.807, 2.05) is 18.2 Å². The number of aromatic nitrogens is 7. The molecule has 0 bridgehead atoms. The molecule has 2 aromatic heterocycles. The number of benzene rings is 2. The lowest BCUT2D eigenvalue weighted by atomic mass is 9.87. The van der Waals surface area contributed by atoms with Gasteiger partial charge in [-0.2, -0.15) is 10.3 Å². The van der Waals surface area contributed by atoms with E-state index in [1.54, 1.807) is 0 Å². The zero-order chi connectivity index (χ0) is 23.9. The molecule has 7 heteroatoms. The van der Waals surface area contributed by atoms with Crippen molar-refractivity contribution >= 4 is 0 Å². The second-order valence-corrected chi connectivity index (χ2v) is 9.75. The van der Waals surface area contributed by atoms with E-state index in [-0.39, 0.29) is 0 Å². The van der Waals surface area contributed by atoms with Crippen molar-refractivity contribution in [3.8, 4) is 22.5 Å². The van der Waals surface area contributed by atoms with Crippen LogP contribution < -0.4 is 0 Å². The quantitative estimate of drug-likeness (QED) is 0.287. The molecule has 0 saturated heterocycles. The highest BCUT2D eigenvalue weighted by Gasteiger charge is 2.18. The highest BCUT2D eigenvalue weighted by molar-refractivity contribution is 5.80. The van der Waals surface area contributed by atoms with Gasteiger partial charge in [0, 0.05) is 18.4 Å². The summed E-state index contributed by atoms with van der Waals surface area (Å²) in [4.78, 5) is 5.01. The smallest absolute Gasteiger partial charge is 0.205 e. The topological polar surface area (TPSA) is 85.2 Å². The maximum absolute atomic E-state index is 5.01. The highest BCUT2D eigenvalue weighted by Crippen LogP contribution is 2.30. The summed E-state index contributed by atoms with van der Waals surface area (Å²) in [7, 11) is 0. The molecule has 0 atom stereocenters. The Morgan fingerprint density at radius 2 is 1.74 bits per heavy atom. The van der Waals surface area contributed by atoms with Crippen LogP contribution in [-0.2, 0) is 19.4 Å². The van der Waals surface area contributed by atoms with E-state index in [4.69, 9.17) is 10.1 Å². The van der Waals surface area contributed by atoms with E-state index in [1.165, 1.54) is 56.9 Å². The van der Waals surface area contributed by atoms with Crippen LogP contribution in [0.2, 0.25) is 0 Å². The Labute approximate surface area is 207 Å². The van der Waals surface area contributed by atoms with Gasteiger partial charge in [-0.05, 0) is 34.2 Å². The molecule has 1 N–H and O–H groups in total. The van der Waals surface area contributed by atoms with Crippen LogP contribution in [0.1, 0.15) is 75.5 Å². The zero-order valence-electron chi connectivity index (χ0n) is 20.7. The van der Waals surface area contributed by atoms with Gasteiger partial charge in [0.05, 0.1) is 6.54 Å². The lowest BCUT2D eigenvalue weighted by Gasteiger charge is -2.19. The average molecular weight is 470 g/mol. The number of H-pyrrole nitrogens is 1. The molecule has 35 heavy (non-hydrogen) atoms. The van der Waals surface area contributed by atoms with E-state index in [9.17, 15) is 0 Å². The maximum atomic E-state index is 5.01. The number of hydrogen-bond donors (Lipinski definition) is 1. The summed E-state index contributed by atoms with van der Waals surface area (Å²) in [5, 5.41) is 19.6. The van der Waals surface area contributed by atoms with Crippen molar-refractivity contribution in [2.45, 2.75) is 77.7 Å². The van der Waals surface area contributed by atoms with Crippen molar-refractivity contribution < 1.29 is 0 Å². The normalized spacial score (nSPS) is 14.4. The minimum absolute atomic E-state index is 0.606. The van der Waals surface area contributed by atoms with E-state index >= 15 is 0 Å². The molecule has 0 unspecified atom stereocenters. The molecule has 0 spiro atoms. The average Bonchev–Trinajstić information content (AvgIpc) is 3.56. The number of tetrazole rings is 1. The summed E-state index contributed by atoms with van der Waals surface area (Å²) in [6, 6.07) is 16.9. The summed E-state index contributed by atoms with van der Waals surface area (Å²) in [6.07, 6.45) is 12.4. The molecular formula is C28H35N7. The summed E-state index contributed by atoms with van der Waals surface area (Å²) >= 11 is 0. The van der Waals surface area contributed by atoms with Crippen LogP contribution in [0.25, 0.3) is 22.5 Å². The fourth-order valence-corrected chi connectivity index (χ4v) is 5.18. The predicted octanol–water partition coefficient (Wildman–Crippen LogP) is 6.03. The zero-order valence-corrected chi connectivity index (χ0v) is 20.7. The fourth-order valence-electron chi connectivity index (χ4n) is 5.18. The Balaban J connectivity index is 1.34. The van der Waals surface area contributed by atoms with E-state index in [0.29, 0.717) is 5.82 Å². The number of aryl methyl sites for hydroxylation is 1. The first-order valence-corrected chi connectivity index (χ1v) is 13.1. The molecule has 4 aromatic rings. The molecule has 1 aliphatic rings. The highest BCUT2D eigenvalue weighted by atomic mass is 15.5. The van der Waals surface area contributed by atoms with Gasteiger partial charge in [0.1, 0.15) is 5.82 Å². The molecule has 2 aromatic carbocycles. The Kier molecular flexibility index (Phi) is 7.61. The SMILES string of the molecule is CCCCCc1nc(CC2CCCCC2)nn1Cc1ccc(-c2ccccc2-c2nn[nH]n2)cc1. The molecule has 0 amide bonds. The molecule has 1 fully saturated rings. The standard InChI is InChI=1S/C28H35N7/c1-2-3-5-14-27-29-26(19-21-10-6-4-7-11-21)32-35(27)20-22-15-17-23(18-16-22)24-12-8-9-13-25(24)28-30-33-34-31-28/h8-9,12-13,15-18,21H,2-7,10-11,14,19-20H2,1H3,(H,30,31,33,34). The minimum Gasteiger partial charge on any atom is -0.245 e. The molecule has 1 saturated carbocycles. The lowest BCUT2D eigenvalue weighted by Crippen LogP contribution is -2.11. The third-order valence-electron chi connectivity index (χ3n) is 7.10. The van der Waals surface area contributed by atoms with Crippen LogP contribution in [0.5, 0.6) is 0 Å². The van der Waals surface area contributed by atoms with E-state index in [0.717, 1.165) is 53.6 Å². The van der Waals surface area contributed by atoms with Gasteiger partial charge >= 0.3 is 0 Å². The monoisotopic (exact) mass is 469 g/mol. The first-order chi connectivity index (χ1) is 17.3. The first-order valence-electron chi connectivity index (χ1n) is 13.1. The summed E-state index contributed by atoms with van der Waals surface area (Å²) in [5.41, 5.74) is 4.43. The van der Waals surface area contributed by atoms with Crippen molar-refractivity contribution in [1.29, 1.82) is 0 Å². The number of aromatic amines is 1. The van der Waals surface area contributed by atoms with Gasteiger partial charge in [0.15, 0.2) is 5.82 Å². The Morgan fingerprint density at radius 1 is 0.943 bits per heavy atom. The van der Waals surface area contributed by atoms with E-state index < -0.39 is 0 Å².